The molecule has 42 heavy (non-hydrogen) atoms. The molecule has 4 nitrogen and oxygen atoms in total. The molecule has 5 aromatic carbocycles. The third-order valence-corrected chi connectivity index (χ3v) is 8.91. The molecule has 2 aliphatic rings. The van der Waals surface area contributed by atoms with Gasteiger partial charge in [0.25, 0.3) is 0 Å². The molecule has 0 aromatic heterocycles. The van der Waals surface area contributed by atoms with Crippen LogP contribution in [0.5, 0.6) is 17.2 Å². The lowest BCUT2D eigenvalue weighted by Crippen LogP contribution is -2.36. The van der Waals surface area contributed by atoms with Crippen LogP contribution in [0.2, 0.25) is 0 Å². The zero-order valence-electron chi connectivity index (χ0n) is 24.2. The van der Waals surface area contributed by atoms with E-state index >= 15 is 0 Å². The van der Waals surface area contributed by atoms with E-state index in [9.17, 15) is 5.11 Å². The summed E-state index contributed by atoms with van der Waals surface area (Å²) in [5, 5.41) is 14.8. The quantitative estimate of drug-likeness (QED) is 0.219. The fraction of sp³-hybridized carbons (Fsp3) is 0.211. The number of benzene rings is 5. The Labute approximate surface area is 246 Å². The Morgan fingerprint density at radius 1 is 0.762 bits per heavy atom. The molecule has 0 saturated heterocycles. The van der Waals surface area contributed by atoms with E-state index in [0.717, 1.165) is 62.6 Å². The van der Waals surface area contributed by atoms with Crippen molar-refractivity contribution in [1.82, 2.24) is 0 Å². The summed E-state index contributed by atoms with van der Waals surface area (Å²) in [6.07, 6.45) is 6.75. The highest BCUT2D eigenvalue weighted by Crippen LogP contribution is 2.60. The van der Waals surface area contributed by atoms with Crippen molar-refractivity contribution in [1.29, 1.82) is 0 Å². The Kier molecular flexibility index (Phi) is 6.32. The molecule has 0 bridgehead atoms. The van der Waals surface area contributed by atoms with Crippen LogP contribution in [0.4, 0.5) is 0 Å². The van der Waals surface area contributed by atoms with Crippen molar-refractivity contribution in [3.8, 4) is 28.4 Å². The second-order valence-corrected chi connectivity index (χ2v) is 11.2. The molecule has 0 amide bonds. The van der Waals surface area contributed by atoms with Gasteiger partial charge in [-0.2, -0.15) is 0 Å². The van der Waals surface area contributed by atoms with Crippen LogP contribution in [0, 0.1) is 0 Å². The van der Waals surface area contributed by atoms with Gasteiger partial charge < -0.3 is 19.3 Å². The number of fused-ring (bicyclic) bond motifs is 8. The summed E-state index contributed by atoms with van der Waals surface area (Å²) in [5.74, 6) is 2.00. The number of rotatable bonds is 7. The fourth-order valence-corrected chi connectivity index (χ4v) is 6.89. The maximum Gasteiger partial charge on any atom is 0.178 e. The number of aliphatic hydroxyl groups is 1. The van der Waals surface area contributed by atoms with Crippen molar-refractivity contribution in [3.05, 3.63) is 131 Å². The van der Waals surface area contributed by atoms with Gasteiger partial charge in [-0.3, -0.25) is 0 Å². The van der Waals surface area contributed by atoms with Crippen LogP contribution in [0.3, 0.4) is 0 Å². The molecule has 1 atom stereocenters. The number of hydrogen-bond acceptors (Lipinski definition) is 4. The molecule has 7 rings (SSSR count). The first-order chi connectivity index (χ1) is 20.6. The average molecular weight is 555 g/mol. The predicted octanol–water partition coefficient (Wildman–Crippen LogP) is 8.61. The molecule has 4 heteroatoms. The average Bonchev–Trinajstić information content (AvgIpc) is 3.32. The lowest BCUT2D eigenvalue weighted by atomic mass is 9.79. The summed E-state index contributed by atoms with van der Waals surface area (Å²) in [6.45, 7) is 2.16. The van der Waals surface area contributed by atoms with Crippen LogP contribution in [-0.2, 0) is 11.2 Å². The van der Waals surface area contributed by atoms with Crippen LogP contribution >= 0.6 is 0 Å². The molecule has 0 radical (unpaired) electrons. The standard InChI is InChI=1S/C38H34O4/c1-4-5-21-37(39)31-19-13-12-18-28(31)34-30-24-33(41-3)32(40-2)23-29(30)27-20-22-38(42-36(27)35(34)37,25-14-8-6-9-15-25)26-16-10-7-11-17-26/h6-20,22-24,39H,4-5,21H2,1-3H3. The number of unbranched alkanes of at least 4 members (excludes halogenated alkanes) is 1. The maximum absolute atomic E-state index is 12.8. The second-order valence-electron chi connectivity index (χ2n) is 11.2. The molecule has 1 unspecified atom stereocenters. The number of hydrogen-bond donors (Lipinski definition) is 1. The number of methoxy groups -OCH3 is 2. The van der Waals surface area contributed by atoms with Crippen molar-refractivity contribution >= 4 is 16.8 Å². The summed E-state index contributed by atoms with van der Waals surface area (Å²) >= 11 is 0. The normalized spacial score (nSPS) is 17.7. The van der Waals surface area contributed by atoms with E-state index in [-0.39, 0.29) is 0 Å². The van der Waals surface area contributed by atoms with E-state index in [1.54, 1.807) is 14.2 Å². The van der Waals surface area contributed by atoms with Crippen molar-refractivity contribution in [2.24, 2.45) is 0 Å². The highest BCUT2D eigenvalue weighted by atomic mass is 16.5. The Morgan fingerprint density at radius 3 is 1.98 bits per heavy atom. The highest BCUT2D eigenvalue weighted by Gasteiger charge is 2.48. The monoisotopic (exact) mass is 554 g/mol. The van der Waals surface area contributed by atoms with E-state index in [2.05, 4.69) is 55.5 Å². The van der Waals surface area contributed by atoms with E-state index in [0.29, 0.717) is 23.7 Å². The summed E-state index contributed by atoms with van der Waals surface area (Å²) in [6, 6.07) is 32.9. The molecule has 0 spiro atoms. The smallest absolute Gasteiger partial charge is 0.178 e. The van der Waals surface area contributed by atoms with Crippen LogP contribution < -0.4 is 14.2 Å². The molecule has 0 saturated carbocycles. The van der Waals surface area contributed by atoms with Gasteiger partial charge in [-0.05, 0) is 52.6 Å². The molecule has 1 aliphatic carbocycles. The predicted molar refractivity (Wildman–Crippen MR) is 168 cm³/mol. The molecule has 210 valence electrons. The van der Waals surface area contributed by atoms with E-state index in [1.807, 2.05) is 60.7 Å². The third kappa shape index (κ3) is 3.72. The van der Waals surface area contributed by atoms with Crippen LogP contribution in [-0.4, -0.2) is 19.3 Å². The van der Waals surface area contributed by atoms with E-state index in [4.69, 9.17) is 14.2 Å². The van der Waals surface area contributed by atoms with Crippen LogP contribution in [0.25, 0.3) is 28.0 Å². The van der Waals surface area contributed by atoms with Gasteiger partial charge >= 0.3 is 0 Å². The first kappa shape index (κ1) is 26.4. The lowest BCUT2D eigenvalue weighted by molar-refractivity contribution is 0.0647. The van der Waals surface area contributed by atoms with Gasteiger partial charge in [0.1, 0.15) is 11.4 Å². The summed E-state index contributed by atoms with van der Waals surface area (Å²) in [4.78, 5) is 0. The van der Waals surface area contributed by atoms with Crippen molar-refractivity contribution in [2.45, 2.75) is 37.4 Å². The van der Waals surface area contributed by atoms with Gasteiger partial charge in [-0.1, -0.05) is 105 Å². The first-order valence-electron chi connectivity index (χ1n) is 14.6. The Hall–Kier alpha value is -4.54. The van der Waals surface area contributed by atoms with E-state index in [1.165, 1.54) is 0 Å². The SMILES string of the molecule is CCCCC1(O)c2ccccc2-c2c1c1c(c3cc(OC)c(OC)cc23)C=CC(c2ccccc2)(c2ccccc2)O1. The van der Waals surface area contributed by atoms with Gasteiger partial charge in [-0.15, -0.1) is 0 Å². The van der Waals surface area contributed by atoms with Gasteiger partial charge in [-0.25, -0.2) is 0 Å². The van der Waals surface area contributed by atoms with Crippen LogP contribution in [0.1, 0.15) is 54.0 Å². The maximum atomic E-state index is 12.8. The topological polar surface area (TPSA) is 47.9 Å². The first-order valence-corrected chi connectivity index (χ1v) is 14.6. The minimum atomic E-state index is -1.21. The fourth-order valence-electron chi connectivity index (χ4n) is 6.89. The Balaban J connectivity index is 1.62. The summed E-state index contributed by atoms with van der Waals surface area (Å²) in [7, 11) is 3.31. The second kappa shape index (κ2) is 10.1. The molecule has 0 fully saturated rings. The highest BCUT2D eigenvalue weighted by molar-refractivity contribution is 6.09. The molecule has 1 heterocycles. The lowest BCUT2D eigenvalue weighted by Gasteiger charge is -2.39. The van der Waals surface area contributed by atoms with E-state index < -0.39 is 11.2 Å². The minimum Gasteiger partial charge on any atom is -0.493 e. The Morgan fingerprint density at radius 2 is 1.36 bits per heavy atom. The molecule has 1 aliphatic heterocycles. The van der Waals surface area contributed by atoms with Crippen molar-refractivity contribution in [3.63, 3.8) is 0 Å². The third-order valence-electron chi connectivity index (χ3n) is 8.91. The van der Waals surface area contributed by atoms with Crippen LogP contribution in [0.15, 0.2) is 103 Å². The molecule has 1 N–H and O–H groups in total. The Bertz CT molecular complexity index is 1780. The van der Waals surface area contributed by atoms with Gasteiger partial charge in [0.05, 0.1) is 14.2 Å². The summed E-state index contributed by atoms with van der Waals surface area (Å²) in [5.41, 5.74) is 4.63. The van der Waals surface area contributed by atoms with Gasteiger partial charge in [0.15, 0.2) is 17.1 Å². The largest absolute Gasteiger partial charge is 0.493 e. The molecular formula is C38H34O4. The zero-order chi connectivity index (χ0) is 28.9. The minimum absolute atomic E-state index is 0.593. The number of ether oxygens (including phenoxy) is 3. The van der Waals surface area contributed by atoms with Crippen molar-refractivity contribution in [2.75, 3.05) is 14.2 Å². The van der Waals surface area contributed by atoms with Crippen molar-refractivity contribution < 1.29 is 19.3 Å². The van der Waals surface area contributed by atoms with Gasteiger partial charge in [0, 0.05) is 27.8 Å². The summed E-state index contributed by atoms with van der Waals surface area (Å²) < 4.78 is 18.9. The zero-order valence-corrected chi connectivity index (χ0v) is 24.2. The molecule has 5 aromatic rings. The molecular weight excluding hydrogens is 520 g/mol. The van der Waals surface area contributed by atoms with Gasteiger partial charge in [0.2, 0.25) is 0 Å².